The number of hydrogen-bond acceptors (Lipinski definition) is 3. The first-order valence-electron chi connectivity index (χ1n) is 6.40. The zero-order chi connectivity index (χ0) is 12.0. The predicted molar refractivity (Wildman–Crippen MR) is 66.4 cm³/mol. The van der Waals surface area contributed by atoms with E-state index in [2.05, 4.69) is 29.4 Å². The maximum atomic E-state index is 12.0. The third kappa shape index (κ3) is 4.10. The molecule has 0 aromatic rings. The van der Waals surface area contributed by atoms with E-state index in [0.29, 0.717) is 6.04 Å². The minimum atomic E-state index is 0.00130. The number of piperazine rings is 1. The van der Waals surface area contributed by atoms with Crippen LogP contribution < -0.4 is 10.6 Å². The number of nitrogens with zero attached hydrogens (tertiary/aromatic N) is 1. The van der Waals surface area contributed by atoms with Crippen LogP contribution in [0.2, 0.25) is 0 Å². The summed E-state index contributed by atoms with van der Waals surface area (Å²) >= 11 is 0. The molecule has 1 rings (SSSR count). The van der Waals surface area contributed by atoms with Crippen molar-refractivity contribution in [1.29, 1.82) is 0 Å². The first-order chi connectivity index (χ1) is 7.65. The van der Waals surface area contributed by atoms with Crippen molar-refractivity contribution in [2.75, 3.05) is 26.2 Å². The summed E-state index contributed by atoms with van der Waals surface area (Å²) in [7, 11) is 0. The lowest BCUT2D eigenvalue weighted by molar-refractivity contribution is -0.126. The number of carbonyl (C=O) groups is 1. The molecule has 0 bridgehead atoms. The molecule has 4 nitrogen and oxygen atoms in total. The molecule has 2 atom stereocenters. The molecule has 0 aliphatic carbocycles. The van der Waals surface area contributed by atoms with Crippen molar-refractivity contribution in [1.82, 2.24) is 15.5 Å². The Balaban J connectivity index is 2.34. The van der Waals surface area contributed by atoms with Gasteiger partial charge >= 0.3 is 0 Å². The molecule has 1 saturated heterocycles. The molecule has 1 aliphatic heterocycles. The Morgan fingerprint density at radius 3 is 2.56 bits per heavy atom. The lowest BCUT2D eigenvalue weighted by atomic mass is 10.1. The van der Waals surface area contributed by atoms with Crippen LogP contribution >= 0.6 is 0 Å². The molecule has 1 amide bonds. The third-order valence-electron chi connectivity index (χ3n) is 3.19. The summed E-state index contributed by atoms with van der Waals surface area (Å²) in [6.07, 6.45) is 2.17. The quantitative estimate of drug-likeness (QED) is 0.722. The number of amides is 1. The maximum absolute atomic E-state index is 12.0. The van der Waals surface area contributed by atoms with Crippen LogP contribution in [0.25, 0.3) is 0 Å². The summed E-state index contributed by atoms with van der Waals surface area (Å²) in [5.74, 6) is 0.169. The number of hydrogen-bond donors (Lipinski definition) is 2. The Hall–Kier alpha value is -0.610. The molecule has 4 heteroatoms. The van der Waals surface area contributed by atoms with Gasteiger partial charge in [0.15, 0.2) is 0 Å². The topological polar surface area (TPSA) is 44.4 Å². The van der Waals surface area contributed by atoms with Gasteiger partial charge in [0.25, 0.3) is 0 Å². The molecule has 0 saturated carbocycles. The van der Waals surface area contributed by atoms with E-state index in [-0.39, 0.29) is 11.9 Å². The SMILES string of the molecule is CCCC(C)NC(=O)C(C)N1CCNCC1. The fourth-order valence-electron chi connectivity index (χ4n) is 2.10. The molecule has 1 heterocycles. The Kier molecular flexibility index (Phi) is 5.77. The molecule has 0 spiro atoms. The molecule has 16 heavy (non-hydrogen) atoms. The van der Waals surface area contributed by atoms with E-state index in [1.807, 2.05) is 6.92 Å². The maximum Gasteiger partial charge on any atom is 0.237 e. The molecule has 2 unspecified atom stereocenters. The summed E-state index contributed by atoms with van der Waals surface area (Å²) in [4.78, 5) is 14.2. The molecular weight excluding hydrogens is 202 g/mol. The van der Waals surface area contributed by atoms with Crippen LogP contribution in [0.1, 0.15) is 33.6 Å². The van der Waals surface area contributed by atoms with Crippen LogP contribution in [0.5, 0.6) is 0 Å². The molecular formula is C12H25N3O. The average Bonchev–Trinajstić information content (AvgIpc) is 2.29. The monoisotopic (exact) mass is 227 g/mol. The van der Waals surface area contributed by atoms with E-state index < -0.39 is 0 Å². The van der Waals surface area contributed by atoms with Gasteiger partial charge in [-0.15, -0.1) is 0 Å². The lowest BCUT2D eigenvalue weighted by Crippen LogP contribution is -2.53. The molecule has 0 aromatic carbocycles. The first-order valence-corrected chi connectivity index (χ1v) is 6.40. The highest BCUT2D eigenvalue weighted by Crippen LogP contribution is 2.03. The highest BCUT2D eigenvalue weighted by Gasteiger charge is 2.23. The zero-order valence-electron chi connectivity index (χ0n) is 10.8. The standard InChI is InChI=1S/C12H25N3O/c1-4-5-10(2)14-12(16)11(3)15-8-6-13-7-9-15/h10-11,13H,4-9H2,1-3H3,(H,14,16). The van der Waals surface area contributed by atoms with Gasteiger partial charge in [0.2, 0.25) is 5.91 Å². The number of nitrogens with one attached hydrogen (secondary N) is 2. The Morgan fingerprint density at radius 2 is 2.00 bits per heavy atom. The van der Waals surface area contributed by atoms with E-state index in [0.717, 1.165) is 39.0 Å². The summed E-state index contributed by atoms with van der Waals surface area (Å²) in [6, 6.07) is 0.296. The number of rotatable bonds is 5. The summed E-state index contributed by atoms with van der Waals surface area (Å²) < 4.78 is 0. The molecule has 1 fully saturated rings. The van der Waals surface area contributed by atoms with Crippen LogP contribution in [0.3, 0.4) is 0 Å². The minimum Gasteiger partial charge on any atom is -0.352 e. The van der Waals surface area contributed by atoms with Gasteiger partial charge in [-0.1, -0.05) is 13.3 Å². The Labute approximate surface area is 98.8 Å². The second kappa shape index (κ2) is 6.86. The van der Waals surface area contributed by atoms with Crippen molar-refractivity contribution in [2.45, 2.75) is 45.7 Å². The van der Waals surface area contributed by atoms with E-state index in [1.165, 1.54) is 0 Å². The van der Waals surface area contributed by atoms with Gasteiger partial charge in [0, 0.05) is 32.2 Å². The van der Waals surface area contributed by atoms with Crippen molar-refractivity contribution in [2.24, 2.45) is 0 Å². The van der Waals surface area contributed by atoms with Gasteiger partial charge in [0.05, 0.1) is 6.04 Å². The van der Waals surface area contributed by atoms with E-state index in [1.54, 1.807) is 0 Å². The van der Waals surface area contributed by atoms with E-state index >= 15 is 0 Å². The van der Waals surface area contributed by atoms with Crippen LogP contribution in [-0.2, 0) is 4.79 Å². The fraction of sp³-hybridized carbons (Fsp3) is 0.917. The summed E-state index contributed by atoms with van der Waals surface area (Å²) in [5.41, 5.74) is 0. The van der Waals surface area contributed by atoms with Gasteiger partial charge in [-0.25, -0.2) is 0 Å². The Bertz CT molecular complexity index is 214. The largest absolute Gasteiger partial charge is 0.352 e. The van der Waals surface area contributed by atoms with Gasteiger partial charge in [-0.2, -0.15) is 0 Å². The molecule has 2 N–H and O–H groups in total. The highest BCUT2D eigenvalue weighted by molar-refractivity contribution is 5.81. The molecule has 0 radical (unpaired) electrons. The van der Waals surface area contributed by atoms with Gasteiger partial charge in [-0.3, -0.25) is 9.69 Å². The first kappa shape index (κ1) is 13.5. The molecule has 0 aromatic heterocycles. The smallest absolute Gasteiger partial charge is 0.237 e. The predicted octanol–water partition coefficient (Wildman–Crippen LogP) is 0.585. The van der Waals surface area contributed by atoms with Crippen molar-refractivity contribution in [3.05, 3.63) is 0 Å². The summed E-state index contributed by atoms with van der Waals surface area (Å²) in [6.45, 7) is 10.1. The van der Waals surface area contributed by atoms with E-state index in [9.17, 15) is 4.79 Å². The third-order valence-corrected chi connectivity index (χ3v) is 3.19. The van der Waals surface area contributed by atoms with Gasteiger partial charge in [-0.05, 0) is 20.3 Å². The second-order valence-corrected chi connectivity index (χ2v) is 4.66. The van der Waals surface area contributed by atoms with Crippen molar-refractivity contribution in [3.8, 4) is 0 Å². The van der Waals surface area contributed by atoms with Crippen molar-refractivity contribution >= 4 is 5.91 Å². The number of carbonyl (C=O) groups excluding carboxylic acids is 1. The van der Waals surface area contributed by atoms with Crippen LogP contribution in [0.4, 0.5) is 0 Å². The van der Waals surface area contributed by atoms with Crippen LogP contribution in [-0.4, -0.2) is 49.1 Å². The molecule has 94 valence electrons. The highest BCUT2D eigenvalue weighted by atomic mass is 16.2. The minimum absolute atomic E-state index is 0.00130. The van der Waals surface area contributed by atoms with Crippen LogP contribution in [0, 0.1) is 0 Å². The second-order valence-electron chi connectivity index (χ2n) is 4.66. The lowest BCUT2D eigenvalue weighted by Gasteiger charge is -2.32. The van der Waals surface area contributed by atoms with Crippen LogP contribution in [0.15, 0.2) is 0 Å². The fourth-order valence-corrected chi connectivity index (χ4v) is 2.10. The zero-order valence-corrected chi connectivity index (χ0v) is 10.8. The summed E-state index contributed by atoms with van der Waals surface area (Å²) in [5, 5.41) is 6.37. The Morgan fingerprint density at radius 1 is 1.38 bits per heavy atom. The van der Waals surface area contributed by atoms with Crippen molar-refractivity contribution in [3.63, 3.8) is 0 Å². The average molecular weight is 227 g/mol. The van der Waals surface area contributed by atoms with Crippen molar-refractivity contribution < 1.29 is 4.79 Å². The normalized spacial score (nSPS) is 21.4. The molecule has 1 aliphatic rings. The van der Waals surface area contributed by atoms with E-state index in [4.69, 9.17) is 0 Å². The van der Waals surface area contributed by atoms with Gasteiger partial charge < -0.3 is 10.6 Å². The van der Waals surface area contributed by atoms with Gasteiger partial charge in [0.1, 0.15) is 0 Å².